The van der Waals surface area contributed by atoms with Crippen LogP contribution in [-0.2, 0) is 21.6 Å². The second-order valence-electron chi connectivity index (χ2n) is 6.10. The van der Waals surface area contributed by atoms with Gasteiger partial charge in [0.15, 0.2) is 0 Å². The van der Waals surface area contributed by atoms with Gasteiger partial charge < -0.3 is 9.84 Å². The Kier molecular flexibility index (Phi) is 7.73. The molecule has 0 heterocycles. The summed E-state index contributed by atoms with van der Waals surface area (Å²) in [5.41, 5.74) is 0.906. The number of ether oxygens (including phenoxy) is 1. The Balaban J connectivity index is 0.00000117. The summed E-state index contributed by atoms with van der Waals surface area (Å²) in [4.78, 5) is 14.2. The zero-order valence-electron chi connectivity index (χ0n) is 15.8. The van der Waals surface area contributed by atoms with Crippen molar-refractivity contribution in [1.82, 2.24) is 0 Å². The van der Waals surface area contributed by atoms with Crippen molar-refractivity contribution in [3.8, 4) is 0 Å². The number of rotatable bonds is 5. The van der Waals surface area contributed by atoms with Gasteiger partial charge in [0.1, 0.15) is 5.60 Å². The summed E-state index contributed by atoms with van der Waals surface area (Å²) in [7, 11) is 0. The van der Waals surface area contributed by atoms with Gasteiger partial charge in [0, 0.05) is 9.79 Å². The molecule has 1 aliphatic carbocycles. The molecule has 26 heavy (non-hydrogen) atoms. The second-order valence-corrected chi connectivity index (χ2v) is 7.25. The van der Waals surface area contributed by atoms with E-state index in [1.165, 1.54) is 4.90 Å². The van der Waals surface area contributed by atoms with E-state index >= 15 is 0 Å². The van der Waals surface area contributed by atoms with Crippen LogP contribution < -0.4 is 0 Å². The van der Waals surface area contributed by atoms with Gasteiger partial charge in [0.25, 0.3) is 0 Å². The van der Waals surface area contributed by atoms with Crippen LogP contribution >= 0.6 is 11.8 Å². The van der Waals surface area contributed by atoms with E-state index in [-0.39, 0.29) is 12.4 Å². The predicted octanol–water partition coefficient (Wildman–Crippen LogP) is 5.34. The van der Waals surface area contributed by atoms with E-state index in [1.54, 1.807) is 18.7 Å². The molecule has 4 heteroatoms. The van der Waals surface area contributed by atoms with Gasteiger partial charge >= 0.3 is 5.97 Å². The molecule has 0 saturated carbocycles. The average Bonchev–Trinajstić information content (AvgIpc) is 2.64. The van der Waals surface area contributed by atoms with Crippen molar-refractivity contribution < 1.29 is 14.6 Å². The summed E-state index contributed by atoms with van der Waals surface area (Å²) >= 11 is 1.71. The summed E-state index contributed by atoms with van der Waals surface area (Å²) in [6.45, 7) is 6.12. The third-order valence-corrected chi connectivity index (χ3v) is 5.33. The molecule has 0 bridgehead atoms. The molecule has 140 valence electrons. The summed E-state index contributed by atoms with van der Waals surface area (Å²) in [5.74, 6) is -0.337. The first-order chi connectivity index (χ1) is 12.6. The molecule has 0 fully saturated rings. The highest BCUT2D eigenvalue weighted by Crippen LogP contribution is 2.40. The first-order valence-corrected chi connectivity index (χ1v) is 10.2. The monoisotopic (exact) mass is 372 g/mol. The highest BCUT2D eigenvalue weighted by molar-refractivity contribution is 7.99. The lowest BCUT2D eigenvalue weighted by molar-refractivity contribution is -0.149. The summed E-state index contributed by atoms with van der Waals surface area (Å²) in [6, 6.07) is 16.4. The average molecular weight is 373 g/mol. The van der Waals surface area contributed by atoms with Crippen molar-refractivity contribution in [2.45, 2.75) is 61.8 Å². The summed E-state index contributed by atoms with van der Waals surface area (Å²) < 4.78 is 5.02. The number of aliphatic hydroxyl groups is 1. The third-order valence-electron chi connectivity index (χ3n) is 4.34. The highest BCUT2D eigenvalue weighted by Gasteiger charge is 2.37. The van der Waals surface area contributed by atoms with E-state index in [2.05, 4.69) is 18.2 Å². The van der Waals surface area contributed by atoms with E-state index in [1.807, 2.05) is 44.2 Å². The van der Waals surface area contributed by atoms with E-state index < -0.39 is 5.60 Å². The van der Waals surface area contributed by atoms with E-state index in [0.717, 1.165) is 28.9 Å². The standard InChI is InChI=1S/C20H22O3S.C2H6/c1-2-23-19(21)14-20(22)12-6-7-15-13-17(10-11-18(15)20)24-16-8-4-3-5-9-16;1-2/h3-5,8-11,13,22H,2,6-7,12,14H2,1H3;1-2H3. The molecule has 2 aromatic carbocycles. The molecule has 2 aromatic rings. The Morgan fingerprint density at radius 2 is 1.88 bits per heavy atom. The zero-order valence-corrected chi connectivity index (χ0v) is 16.6. The lowest BCUT2D eigenvalue weighted by Gasteiger charge is -2.34. The molecule has 1 aliphatic rings. The Morgan fingerprint density at radius 3 is 2.58 bits per heavy atom. The predicted molar refractivity (Wildman–Crippen MR) is 106 cm³/mol. The van der Waals surface area contributed by atoms with Crippen LogP contribution in [0.25, 0.3) is 0 Å². The number of fused-ring (bicyclic) bond motifs is 1. The Hall–Kier alpha value is -1.78. The van der Waals surface area contributed by atoms with Crippen LogP contribution in [0.1, 0.15) is 51.2 Å². The molecule has 0 aromatic heterocycles. The Bertz CT molecular complexity index is 715. The molecule has 3 rings (SSSR count). The van der Waals surface area contributed by atoms with Crippen LogP contribution in [-0.4, -0.2) is 17.7 Å². The normalized spacial score (nSPS) is 18.3. The molecule has 1 unspecified atom stereocenters. The van der Waals surface area contributed by atoms with Gasteiger partial charge in [-0.1, -0.05) is 49.9 Å². The first kappa shape index (κ1) is 20.5. The minimum absolute atomic E-state index is 0.0268. The number of hydrogen-bond acceptors (Lipinski definition) is 4. The maximum atomic E-state index is 11.8. The fourth-order valence-corrected chi connectivity index (χ4v) is 4.16. The van der Waals surface area contributed by atoms with Crippen molar-refractivity contribution in [3.05, 3.63) is 59.7 Å². The van der Waals surface area contributed by atoms with Crippen molar-refractivity contribution in [2.75, 3.05) is 6.61 Å². The van der Waals surface area contributed by atoms with Crippen LogP contribution in [0, 0.1) is 0 Å². The van der Waals surface area contributed by atoms with Gasteiger partial charge in [-0.25, -0.2) is 0 Å². The number of benzene rings is 2. The van der Waals surface area contributed by atoms with Crippen LogP contribution in [0.3, 0.4) is 0 Å². The fraction of sp³-hybridized carbons (Fsp3) is 0.409. The molecule has 0 spiro atoms. The maximum Gasteiger partial charge on any atom is 0.309 e. The molecule has 0 radical (unpaired) electrons. The SMILES string of the molecule is CC.CCOC(=O)CC1(O)CCCc2cc(Sc3ccccc3)ccc21. The number of esters is 1. The first-order valence-electron chi connectivity index (χ1n) is 9.35. The highest BCUT2D eigenvalue weighted by atomic mass is 32.2. The third kappa shape index (κ3) is 5.12. The van der Waals surface area contributed by atoms with Crippen molar-refractivity contribution >= 4 is 17.7 Å². The van der Waals surface area contributed by atoms with Crippen molar-refractivity contribution in [1.29, 1.82) is 0 Å². The molecule has 0 amide bonds. The molecule has 3 nitrogen and oxygen atoms in total. The van der Waals surface area contributed by atoms with Gasteiger partial charge in [0.05, 0.1) is 13.0 Å². The quantitative estimate of drug-likeness (QED) is 0.720. The van der Waals surface area contributed by atoms with Crippen molar-refractivity contribution in [2.24, 2.45) is 0 Å². The van der Waals surface area contributed by atoms with Gasteiger partial charge in [-0.3, -0.25) is 4.79 Å². The Morgan fingerprint density at radius 1 is 1.15 bits per heavy atom. The zero-order chi connectivity index (χ0) is 19.0. The minimum Gasteiger partial charge on any atom is -0.466 e. The van der Waals surface area contributed by atoms with E-state index in [4.69, 9.17) is 4.74 Å². The maximum absolute atomic E-state index is 11.8. The van der Waals surface area contributed by atoms with Gasteiger partial charge in [-0.2, -0.15) is 0 Å². The smallest absolute Gasteiger partial charge is 0.309 e. The second kappa shape index (κ2) is 9.79. The van der Waals surface area contributed by atoms with E-state index in [9.17, 15) is 9.90 Å². The number of aryl methyl sites for hydroxylation is 1. The molecule has 0 saturated heterocycles. The summed E-state index contributed by atoms with van der Waals surface area (Å²) in [5, 5.41) is 11.0. The largest absolute Gasteiger partial charge is 0.466 e. The Labute approximate surface area is 160 Å². The minimum atomic E-state index is -1.10. The summed E-state index contributed by atoms with van der Waals surface area (Å²) in [6.07, 6.45) is 2.44. The van der Waals surface area contributed by atoms with Gasteiger partial charge in [0.2, 0.25) is 0 Å². The number of carbonyl (C=O) groups is 1. The van der Waals surface area contributed by atoms with Crippen LogP contribution in [0.5, 0.6) is 0 Å². The molecule has 1 N–H and O–H groups in total. The molecular formula is C22H28O3S. The molecule has 0 aliphatic heterocycles. The lowest BCUT2D eigenvalue weighted by atomic mass is 9.77. The fourth-order valence-electron chi connectivity index (χ4n) is 3.26. The van der Waals surface area contributed by atoms with Crippen LogP contribution in [0.4, 0.5) is 0 Å². The number of carbonyl (C=O) groups excluding carboxylic acids is 1. The molecule has 1 atom stereocenters. The lowest BCUT2D eigenvalue weighted by Crippen LogP contribution is -2.33. The number of hydrogen-bond donors (Lipinski definition) is 1. The van der Waals surface area contributed by atoms with Crippen LogP contribution in [0.15, 0.2) is 58.3 Å². The van der Waals surface area contributed by atoms with Crippen molar-refractivity contribution in [3.63, 3.8) is 0 Å². The van der Waals surface area contributed by atoms with Gasteiger partial charge in [-0.15, -0.1) is 0 Å². The van der Waals surface area contributed by atoms with E-state index in [0.29, 0.717) is 13.0 Å². The molecular weight excluding hydrogens is 344 g/mol. The van der Waals surface area contributed by atoms with Gasteiger partial charge in [-0.05, 0) is 61.6 Å². The topological polar surface area (TPSA) is 46.5 Å². The van der Waals surface area contributed by atoms with Crippen LogP contribution in [0.2, 0.25) is 0 Å².